The van der Waals surface area contributed by atoms with Crippen LogP contribution in [0.4, 0.5) is 0 Å². The van der Waals surface area contributed by atoms with Crippen molar-refractivity contribution in [2.75, 3.05) is 0 Å². The quantitative estimate of drug-likeness (QED) is 0.689. The van der Waals surface area contributed by atoms with Crippen LogP contribution in [0.3, 0.4) is 0 Å². The SMILES string of the molecule is CCCc1nccn1-c1nc2sccn2c1CBr. The van der Waals surface area contributed by atoms with Crippen molar-refractivity contribution in [1.29, 1.82) is 0 Å². The fraction of sp³-hybridized carbons (Fsp3) is 0.333. The molecule has 0 saturated heterocycles. The molecule has 3 aromatic heterocycles. The van der Waals surface area contributed by atoms with E-state index < -0.39 is 0 Å². The molecule has 0 aliphatic heterocycles. The van der Waals surface area contributed by atoms with Gasteiger partial charge in [0.2, 0.25) is 0 Å². The van der Waals surface area contributed by atoms with E-state index in [0.29, 0.717) is 0 Å². The lowest BCUT2D eigenvalue weighted by molar-refractivity contribution is 0.797. The van der Waals surface area contributed by atoms with Gasteiger partial charge >= 0.3 is 0 Å². The van der Waals surface area contributed by atoms with E-state index >= 15 is 0 Å². The standard InChI is InChI=1S/C12H13BrN4S/c1-2-3-10-14-4-5-17(10)11-9(8-13)16-6-7-18-12(16)15-11/h4-7H,2-3,8H2,1H3. The number of imidazole rings is 2. The van der Waals surface area contributed by atoms with E-state index in [9.17, 15) is 0 Å². The van der Waals surface area contributed by atoms with Crippen molar-refractivity contribution in [3.05, 3.63) is 35.5 Å². The van der Waals surface area contributed by atoms with E-state index in [1.165, 1.54) is 5.69 Å². The van der Waals surface area contributed by atoms with Gasteiger partial charge in [0.1, 0.15) is 5.82 Å². The van der Waals surface area contributed by atoms with Crippen molar-refractivity contribution in [1.82, 2.24) is 18.9 Å². The molecule has 4 nitrogen and oxygen atoms in total. The van der Waals surface area contributed by atoms with Crippen LogP contribution in [-0.4, -0.2) is 18.9 Å². The average Bonchev–Trinajstić information content (AvgIpc) is 3.02. The second-order valence-electron chi connectivity index (χ2n) is 4.03. The Hall–Kier alpha value is -1.14. The first-order chi connectivity index (χ1) is 8.85. The predicted molar refractivity (Wildman–Crippen MR) is 76.8 cm³/mol. The highest BCUT2D eigenvalue weighted by Gasteiger charge is 2.15. The van der Waals surface area contributed by atoms with Crippen LogP contribution < -0.4 is 0 Å². The lowest BCUT2D eigenvalue weighted by Crippen LogP contribution is -2.03. The van der Waals surface area contributed by atoms with Crippen molar-refractivity contribution >= 4 is 32.2 Å². The zero-order valence-electron chi connectivity index (χ0n) is 10.0. The van der Waals surface area contributed by atoms with Crippen LogP contribution in [0.15, 0.2) is 24.0 Å². The summed E-state index contributed by atoms with van der Waals surface area (Å²) < 4.78 is 4.23. The normalized spacial score (nSPS) is 11.4. The molecule has 0 bridgehead atoms. The number of fused-ring (bicyclic) bond motifs is 1. The van der Waals surface area contributed by atoms with Crippen LogP contribution >= 0.6 is 27.3 Å². The number of thiazole rings is 1. The molecule has 0 fully saturated rings. The number of alkyl halides is 1. The molecule has 0 aliphatic rings. The van der Waals surface area contributed by atoms with E-state index in [0.717, 1.165) is 34.8 Å². The van der Waals surface area contributed by atoms with Crippen LogP contribution in [-0.2, 0) is 11.8 Å². The summed E-state index contributed by atoms with van der Waals surface area (Å²) in [5.41, 5.74) is 1.17. The number of rotatable bonds is 4. The molecule has 0 aliphatic carbocycles. The number of halogens is 1. The molecular weight excluding hydrogens is 312 g/mol. The summed E-state index contributed by atoms with van der Waals surface area (Å²) in [4.78, 5) is 10.1. The zero-order valence-corrected chi connectivity index (χ0v) is 12.4. The number of aryl methyl sites for hydroxylation is 1. The fourth-order valence-corrected chi connectivity index (χ4v) is 3.32. The largest absolute Gasteiger partial charge is 0.292 e. The molecule has 18 heavy (non-hydrogen) atoms. The van der Waals surface area contributed by atoms with Crippen LogP contribution in [0.1, 0.15) is 24.9 Å². The Morgan fingerprint density at radius 1 is 1.39 bits per heavy atom. The summed E-state index contributed by atoms with van der Waals surface area (Å²) >= 11 is 5.20. The maximum Gasteiger partial charge on any atom is 0.195 e. The van der Waals surface area contributed by atoms with E-state index in [-0.39, 0.29) is 0 Å². The minimum absolute atomic E-state index is 0.782. The Balaban J connectivity index is 2.17. The average molecular weight is 325 g/mol. The molecule has 3 aromatic rings. The molecule has 3 heterocycles. The van der Waals surface area contributed by atoms with E-state index in [2.05, 4.69) is 48.4 Å². The summed E-state index contributed by atoms with van der Waals surface area (Å²) in [6.45, 7) is 2.16. The van der Waals surface area contributed by atoms with Gasteiger partial charge in [0.05, 0.1) is 5.69 Å². The van der Waals surface area contributed by atoms with Gasteiger partial charge in [-0.2, -0.15) is 0 Å². The van der Waals surface area contributed by atoms with Crippen molar-refractivity contribution in [2.45, 2.75) is 25.1 Å². The molecule has 0 atom stereocenters. The molecule has 6 heteroatoms. The Morgan fingerprint density at radius 2 is 2.28 bits per heavy atom. The monoisotopic (exact) mass is 324 g/mol. The van der Waals surface area contributed by atoms with Crippen LogP contribution in [0, 0.1) is 0 Å². The molecule has 94 valence electrons. The number of aromatic nitrogens is 4. The zero-order chi connectivity index (χ0) is 12.5. The lowest BCUT2D eigenvalue weighted by Gasteiger charge is -2.05. The van der Waals surface area contributed by atoms with E-state index in [1.807, 2.05) is 12.4 Å². The summed E-state index contributed by atoms with van der Waals surface area (Å²) in [5.74, 6) is 2.06. The van der Waals surface area contributed by atoms with Crippen molar-refractivity contribution in [3.8, 4) is 5.82 Å². The van der Waals surface area contributed by atoms with Gasteiger partial charge in [-0.25, -0.2) is 9.97 Å². The second kappa shape index (κ2) is 4.85. The Bertz CT molecular complexity index is 667. The smallest absolute Gasteiger partial charge is 0.195 e. The van der Waals surface area contributed by atoms with Crippen LogP contribution in [0.5, 0.6) is 0 Å². The number of nitrogens with zero attached hydrogens (tertiary/aromatic N) is 4. The minimum atomic E-state index is 0.782. The molecule has 0 N–H and O–H groups in total. The summed E-state index contributed by atoms with van der Waals surface area (Å²) in [7, 11) is 0. The van der Waals surface area contributed by atoms with Gasteiger partial charge in [-0.15, -0.1) is 11.3 Å². The first-order valence-electron chi connectivity index (χ1n) is 5.88. The number of hydrogen-bond donors (Lipinski definition) is 0. The predicted octanol–water partition coefficient (Wildman–Crippen LogP) is 3.43. The second-order valence-corrected chi connectivity index (χ2v) is 5.47. The summed E-state index contributed by atoms with van der Waals surface area (Å²) in [5, 5.41) is 2.84. The van der Waals surface area contributed by atoms with Gasteiger partial charge in [0, 0.05) is 35.7 Å². The maximum atomic E-state index is 4.70. The topological polar surface area (TPSA) is 35.1 Å². The lowest BCUT2D eigenvalue weighted by atomic mass is 10.3. The molecule has 0 radical (unpaired) electrons. The van der Waals surface area contributed by atoms with Crippen LogP contribution in [0.25, 0.3) is 10.8 Å². The van der Waals surface area contributed by atoms with Gasteiger partial charge in [-0.05, 0) is 6.42 Å². The molecule has 0 unspecified atom stereocenters. The van der Waals surface area contributed by atoms with Crippen molar-refractivity contribution < 1.29 is 0 Å². The highest BCUT2D eigenvalue weighted by atomic mass is 79.9. The molecule has 0 saturated carbocycles. The maximum absolute atomic E-state index is 4.70. The van der Waals surface area contributed by atoms with Gasteiger partial charge in [-0.1, -0.05) is 22.9 Å². The van der Waals surface area contributed by atoms with Crippen LogP contribution in [0.2, 0.25) is 0 Å². The van der Waals surface area contributed by atoms with E-state index in [4.69, 9.17) is 4.98 Å². The third kappa shape index (κ3) is 1.80. The minimum Gasteiger partial charge on any atom is -0.292 e. The van der Waals surface area contributed by atoms with Gasteiger partial charge in [0.25, 0.3) is 0 Å². The highest BCUT2D eigenvalue weighted by Crippen LogP contribution is 2.23. The Kier molecular flexibility index (Phi) is 3.22. The summed E-state index contributed by atoms with van der Waals surface area (Å²) in [6.07, 6.45) is 7.95. The van der Waals surface area contributed by atoms with Crippen molar-refractivity contribution in [2.24, 2.45) is 0 Å². The Morgan fingerprint density at radius 3 is 3.06 bits per heavy atom. The third-order valence-electron chi connectivity index (χ3n) is 2.89. The molecule has 0 aromatic carbocycles. The van der Waals surface area contributed by atoms with Gasteiger partial charge in [0.15, 0.2) is 10.8 Å². The van der Waals surface area contributed by atoms with Gasteiger partial charge in [-0.3, -0.25) is 8.97 Å². The molecular formula is C12H13BrN4S. The number of hydrogen-bond acceptors (Lipinski definition) is 3. The first-order valence-corrected chi connectivity index (χ1v) is 7.88. The molecule has 0 spiro atoms. The molecule has 3 rings (SSSR count). The Labute approximate surface area is 117 Å². The highest BCUT2D eigenvalue weighted by molar-refractivity contribution is 9.08. The third-order valence-corrected chi connectivity index (χ3v) is 4.17. The summed E-state index contributed by atoms with van der Waals surface area (Å²) in [6, 6.07) is 0. The fourth-order valence-electron chi connectivity index (χ4n) is 2.07. The molecule has 0 amide bonds. The van der Waals surface area contributed by atoms with Crippen molar-refractivity contribution in [3.63, 3.8) is 0 Å². The van der Waals surface area contributed by atoms with Gasteiger partial charge < -0.3 is 0 Å². The van der Waals surface area contributed by atoms with E-state index in [1.54, 1.807) is 11.3 Å². The first kappa shape index (κ1) is 11.9.